The van der Waals surface area contributed by atoms with Crippen LogP contribution < -0.4 is 4.90 Å². The fourth-order valence-electron chi connectivity index (χ4n) is 7.05. The van der Waals surface area contributed by atoms with E-state index in [4.69, 9.17) is 4.74 Å². The minimum absolute atomic E-state index is 0.0712. The summed E-state index contributed by atoms with van der Waals surface area (Å²) < 4.78 is 6.50. The topological polar surface area (TPSA) is 30.7 Å². The molecule has 3 unspecified atom stereocenters. The largest absolute Gasteiger partial charge is 0.458 e. The van der Waals surface area contributed by atoms with Crippen LogP contribution in [0.15, 0.2) is 60.7 Å². The summed E-state index contributed by atoms with van der Waals surface area (Å²) in [5.74, 6) is 1.72. The molecule has 4 aliphatic carbocycles. The van der Waals surface area contributed by atoms with Gasteiger partial charge in [0.05, 0.1) is 20.1 Å². The van der Waals surface area contributed by atoms with Crippen LogP contribution >= 0.6 is 0 Å². The molecule has 3 heteroatoms. The van der Waals surface area contributed by atoms with Crippen molar-refractivity contribution in [3.63, 3.8) is 0 Å². The van der Waals surface area contributed by atoms with Crippen molar-refractivity contribution in [2.24, 2.45) is 17.8 Å². The maximum absolute atomic E-state index is 13.6. The van der Waals surface area contributed by atoms with Gasteiger partial charge in [-0.25, -0.2) is 0 Å². The predicted molar refractivity (Wildman–Crippen MR) is 114 cm³/mol. The van der Waals surface area contributed by atoms with Gasteiger partial charge in [-0.05, 0) is 49.1 Å². The summed E-state index contributed by atoms with van der Waals surface area (Å²) in [6.45, 7) is 0. The van der Waals surface area contributed by atoms with Gasteiger partial charge in [-0.1, -0.05) is 60.7 Å². The van der Waals surface area contributed by atoms with Gasteiger partial charge >= 0.3 is 5.97 Å². The third-order valence-corrected chi connectivity index (χ3v) is 7.70. The number of carbonyl (C=O) groups is 1. The van der Waals surface area contributed by atoms with Gasteiger partial charge < -0.3 is 9.64 Å². The van der Waals surface area contributed by atoms with Crippen LogP contribution in [0, 0.1) is 17.8 Å². The van der Waals surface area contributed by atoms with Gasteiger partial charge in [0.1, 0.15) is 11.5 Å². The Morgan fingerprint density at radius 1 is 0.897 bits per heavy atom. The number of ether oxygens (including phenoxy) is 1. The zero-order valence-corrected chi connectivity index (χ0v) is 17.5. The molecule has 4 fully saturated rings. The van der Waals surface area contributed by atoms with Crippen molar-refractivity contribution >= 4 is 5.97 Å². The molecular weight excluding hydrogens is 358 g/mol. The van der Waals surface area contributed by atoms with Crippen molar-refractivity contribution in [2.75, 3.05) is 14.1 Å². The van der Waals surface area contributed by atoms with E-state index in [1.54, 1.807) is 4.90 Å². The van der Waals surface area contributed by atoms with Crippen LogP contribution in [0.25, 0.3) is 0 Å². The van der Waals surface area contributed by atoms with E-state index in [0.29, 0.717) is 11.8 Å². The van der Waals surface area contributed by atoms with Crippen molar-refractivity contribution in [3.8, 4) is 0 Å². The molecule has 0 heterocycles. The molecule has 0 aromatic heterocycles. The number of carbonyl (C=O) groups excluding carboxylic acids is 1. The molecule has 0 amide bonds. The number of benzene rings is 2. The van der Waals surface area contributed by atoms with Gasteiger partial charge in [-0.3, -0.25) is 4.79 Å². The number of rotatable bonds is 5. The van der Waals surface area contributed by atoms with Gasteiger partial charge in [0.25, 0.3) is 0 Å². The fourth-order valence-corrected chi connectivity index (χ4v) is 7.05. The Morgan fingerprint density at radius 3 is 1.90 bits per heavy atom. The van der Waals surface area contributed by atoms with Gasteiger partial charge in [0, 0.05) is 11.8 Å². The maximum atomic E-state index is 13.6. The Morgan fingerprint density at radius 2 is 1.41 bits per heavy atom. The Bertz CT molecular complexity index is 807. The number of hydrogen-bond donors (Lipinski definition) is 1. The monoisotopic (exact) mass is 390 g/mol. The number of quaternary nitrogens is 1. The summed E-state index contributed by atoms with van der Waals surface area (Å²) in [4.78, 5) is 15.2. The molecule has 4 bridgehead atoms. The zero-order chi connectivity index (χ0) is 20.0. The second kappa shape index (κ2) is 7.28. The molecule has 29 heavy (non-hydrogen) atoms. The molecule has 2 aromatic rings. The summed E-state index contributed by atoms with van der Waals surface area (Å²) in [6, 6.07) is 20.9. The van der Waals surface area contributed by atoms with Gasteiger partial charge in [0.2, 0.25) is 0 Å². The average molecular weight is 391 g/mol. The smallest absolute Gasteiger partial charge is 0.318 e. The predicted octanol–water partition coefficient (Wildman–Crippen LogP) is 3.45. The van der Waals surface area contributed by atoms with Crippen molar-refractivity contribution in [1.82, 2.24) is 0 Å². The Kier molecular flexibility index (Phi) is 4.74. The van der Waals surface area contributed by atoms with E-state index in [-0.39, 0.29) is 17.5 Å². The van der Waals surface area contributed by atoms with Crippen LogP contribution in [0.3, 0.4) is 0 Å². The van der Waals surface area contributed by atoms with Gasteiger partial charge in [-0.15, -0.1) is 0 Å². The summed E-state index contributed by atoms with van der Waals surface area (Å²) in [5.41, 5.74) is 1.80. The lowest BCUT2D eigenvalue weighted by molar-refractivity contribution is -0.898. The van der Waals surface area contributed by atoms with E-state index in [0.717, 1.165) is 42.3 Å². The standard InChI is InChI=1S/C26H31NO2/c1-27(2)24-21-13-18-14-22(24)17-26(15-18,16-21)29-25(28)23(19-9-5-3-6-10-19)20-11-7-4-8-12-20/h3-12,18,21-24H,13-17H2,1-2H3/p+1/t18?,21-,22+,24?,26?. The highest BCUT2D eigenvalue weighted by molar-refractivity contribution is 5.82. The molecular formula is C26H32NO2+. The van der Waals surface area contributed by atoms with Crippen molar-refractivity contribution < 1.29 is 14.4 Å². The van der Waals surface area contributed by atoms with E-state index >= 15 is 0 Å². The minimum Gasteiger partial charge on any atom is -0.458 e. The average Bonchev–Trinajstić information content (AvgIpc) is 2.68. The van der Waals surface area contributed by atoms with Crippen LogP contribution in [-0.4, -0.2) is 31.7 Å². The number of nitrogens with one attached hydrogen (secondary N) is 1. The second-order valence-electron chi connectivity index (χ2n) is 9.93. The fraction of sp³-hybridized carbons (Fsp3) is 0.500. The van der Waals surface area contributed by atoms with Crippen molar-refractivity contribution in [3.05, 3.63) is 71.8 Å². The molecule has 3 nitrogen and oxygen atoms in total. The maximum Gasteiger partial charge on any atom is 0.318 e. The second-order valence-corrected chi connectivity index (χ2v) is 9.93. The quantitative estimate of drug-likeness (QED) is 0.793. The molecule has 4 saturated carbocycles. The van der Waals surface area contributed by atoms with Crippen LogP contribution in [0.5, 0.6) is 0 Å². The van der Waals surface area contributed by atoms with Gasteiger partial charge in [0.15, 0.2) is 0 Å². The normalized spacial score (nSPS) is 32.7. The molecule has 0 aliphatic heterocycles. The first-order valence-corrected chi connectivity index (χ1v) is 11.2. The third kappa shape index (κ3) is 3.40. The molecule has 6 rings (SSSR count). The molecule has 0 radical (unpaired) electrons. The summed E-state index contributed by atoms with van der Waals surface area (Å²) in [5, 5.41) is 0. The number of hydrogen-bond acceptors (Lipinski definition) is 2. The van der Waals surface area contributed by atoms with Crippen LogP contribution in [0.2, 0.25) is 0 Å². The summed E-state index contributed by atoms with van der Waals surface area (Å²) in [7, 11) is 4.60. The van der Waals surface area contributed by atoms with Crippen molar-refractivity contribution in [1.29, 1.82) is 0 Å². The molecule has 0 saturated heterocycles. The zero-order valence-electron chi connectivity index (χ0n) is 17.5. The molecule has 2 aromatic carbocycles. The van der Waals surface area contributed by atoms with Crippen LogP contribution in [-0.2, 0) is 9.53 Å². The molecule has 0 spiro atoms. The first-order valence-electron chi connectivity index (χ1n) is 11.2. The highest BCUT2D eigenvalue weighted by Gasteiger charge is 2.59. The SMILES string of the molecule is C[NH+](C)C1[C@@H]2CC3C[C@H]1CC(OC(=O)C(c1ccccc1)c1ccccc1)(C3)C2. The lowest BCUT2D eigenvalue weighted by Crippen LogP contribution is -3.12. The number of esters is 1. The minimum atomic E-state index is -0.347. The van der Waals surface area contributed by atoms with E-state index in [9.17, 15) is 4.79 Å². The third-order valence-electron chi connectivity index (χ3n) is 7.70. The Labute approximate surface area is 174 Å². The summed E-state index contributed by atoms with van der Waals surface area (Å²) >= 11 is 0. The van der Waals surface area contributed by atoms with Crippen LogP contribution in [0.4, 0.5) is 0 Å². The van der Waals surface area contributed by atoms with E-state index < -0.39 is 0 Å². The highest BCUT2D eigenvalue weighted by atomic mass is 16.6. The van der Waals surface area contributed by atoms with Gasteiger partial charge in [-0.2, -0.15) is 0 Å². The van der Waals surface area contributed by atoms with E-state index in [1.807, 2.05) is 60.7 Å². The van der Waals surface area contributed by atoms with Crippen LogP contribution in [0.1, 0.15) is 49.1 Å². The van der Waals surface area contributed by atoms with Crippen molar-refractivity contribution in [2.45, 2.75) is 49.7 Å². The van der Waals surface area contributed by atoms with E-state index in [2.05, 4.69) is 14.1 Å². The molecule has 1 N–H and O–H groups in total. The Balaban J connectivity index is 1.43. The first-order chi connectivity index (χ1) is 14.0. The molecule has 152 valence electrons. The lowest BCUT2D eigenvalue weighted by Gasteiger charge is -2.59. The highest BCUT2D eigenvalue weighted by Crippen LogP contribution is 2.57. The van der Waals surface area contributed by atoms with E-state index in [1.165, 1.54) is 12.8 Å². The Hall–Kier alpha value is -2.13. The lowest BCUT2D eigenvalue weighted by atomic mass is 9.52. The first kappa shape index (κ1) is 18.9. The molecule has 4 aliphatic rings. The molecule has 5 atom stereocenters. The summed E-state index contributed by atoms with van der Waals surface area (Å²) in [6.07, 6.45) is 5.83.